The van der Waals surface area contributed by atoms with E-state index in [4.69, 9.17) is 4.74 Å². The molecule has 0 radical (unpaired) electrons. The number of carbonyl (C=O) groups is 1. The Morgan fingerprint density at radius 1 is 1.04 bits per heavy atom. The van der Waals surface area contributed by atoms with Crippen molar-refractivity contribution in [3.63, 3.8) is 0 Å². The Labute approximate surface area is 158 Å². The Bertz CT molecular complexity index is 1090. The van der Waals surface area contributed by atoms with E-state index in [1.165, 1.54) is 0 Å². The van der Waals surface area contributed by atoms with E-state index in [1.807, 2.05) is 32.9 Å². The zero-order valence-electron chi connectivity index (χ0n) is 16.6. The summed E-state index contributed by atoms with van der Waals surface area (Å²) in [6.45, 7) is 7.74. The standard InChI is InChI=1S/C21H25N3O3/c1-12-9-13(2)14(3)19(10-12)27-15(4)20(25)22-16-7-8-17-18(11-16)24(6)21(26)23(17)5/h7-11,15H,1-6H3,(H,22,25)/t15-/m0/s1. The van der Waals surface area contributed by atoms with Crippen LogP contribution in [0.1, 0.15) is 23.6 Å². The molecule has 6 heteroatoms. The summed E-state index contributed by atoms with van der Waals surface area (Å²) in [4.78, 5) is 24.6. The summed E-state index contributed by atoms with van der Waals surface area (Å²) in [6.07, 6.45) is -0.653. The van der Waals surface area contributed by atoms with Gasteiger partial charge in [0.15, 0.2) is 6.10 Å². The zero-order valence-corrected chi connectivity index (χ0v) is 16.6. The number of aryl methyl sites for hydroxylation is 4. The molecule has 142 valence electrons. The average Bonchev–Trinajstić information content (AvgIpc) is 2.83. The predicted molar refractivity (Wildman–Crippen MR) is 108 cm³/mol. The lowest BCUT2D eigenvalue weighted by molar-refractivity contribution is -0.122. The number of rotatable bonds is 4. The van der Waals surface area contributed by atoms with E-state index in [0.29, 0.717) is 5.69 Å². The van der Waals surface area contributed by atoms with Crippen LogP contribution in [-0.4, -0.2) is 21.1 Å². The number of imidazole rings is 1. The maximum Gasteiger partial charge on any atom is 0.328 e. The predicted octanol–water partition coefficient (Wildman–Crippen LogP) is 3.21. The van der Waals surface area contributed by atoms with Crippen molar-refractivity contribution >= 4 is 22.6 Å². The maximum atomic E-state index is 12.6. The number of hydrogen-bond acceptors (Lipinski definition) is 3. The molecule has 0 fully saturated rings. The van der Waals surface area contributed by atoms with E-state index in [9.17, 15) is 9.59 Å². The van der Waals surface area contributed by atoms with Gasteiger partial charge >= 0.3 is 5.69 Å². The number of nitrogens with one attached hydrogen (secondary N) is 1. The molecule has 0 bridgehead atoms. The maximum absolute atomic E-state index is 12.6. The van der Waals surface area contributed by atoms with Crippen LogP contribution in [0.3, 0.4) is 0 Å². The number of anilines is 1. The van der Waals surface area contributed by atoms with Crippen LogP contribution in [0, 0.1) is 20.8 Å². The van der Waals surface area contributed by atoms with Gasteiger partial charge in [0, 0.05) is 19.8 Å². The van der Waals surface area contributed by atoms with Crippen molar-refractivity contribution in [1.82, 2.24) is 9.13 Å². The lowest BCUT2D eigenvalue weighted by Crippen LogP contribution is -2.30. The Hall–Kier alpha value is -3.02. The van der Waals surface area contributed by atoms with Gasteiger partial charge in [0.2, 0.25) is 0 Å². The van der Waals surface area contributed by atoms with Crippen LogP contribution in [-0.2, 0) is 18.9 Å². The van der Waals surface area contributed by atoms with Gasteiger partial charge in [-0.1, -0.05) is 6.07 Å². The lowest BCUT2D eigenvalue weighted by atomic mass is 10.1. The molecule has 1 amide bonds. The van der Waals surface area contributed by atoms with Gasteiger partial charge in [0.05, 0.1) is 11.0 Å². The molecule has 0 aliphatic rings. The van der Waals surface area contributed by atoms with E-state index in [1.54, 1.807) is 42.3 Å². The Balaban J connectivity index is 1.80. The number of aromatic nitrogens is 2. The average molecular weight is 367 g/mol. The minimum Gasteiger partial charge on any atom is -0.481 e. The van der Waals surface area contributed by atoms with Gasteiger partial charge in [-0.15, -0.1) is 0 Å². The van der Waals surface area contributed by atoms with Crippen LogP contribution in [0.5, 0.6) is 5.75 Å². The highest BCUT2D eigenvalue weighted by molar-refractivity contribution is 5.96. The first-order chi connectivity index (χ1) is 12.7. The molecule has 0 aliphatic heterocycles. The van der Waals surface area contributed by atoms with Crippen LogP contribution >= 0.6 is 0 Å². The minimum absolute atomic E-state index is 0.101. The SMILES string of the molecule is Cc1cc(C)c(C)c(O[C@@H](C)C(=O)Nc2ccc3c(c2)n(C)c(=O)n3C)c1. The second-order valence-corrected chi connectivity index (χ2v) is 7.06. The molecule has 0 saturated carbocycles. The van der Waals surface area contributed by atoms with Gasteiger partial charge in [0.1, 0.15) is 5.75 Å². The van der Waals surface area contributed by atoms with E-state index in [-0.39, 0.29) is 11.6 Å². The topological polar surface area (TPSA) is 65.3 Å². The highest BCUT2D eigenvalue weighted by Gasteiger charge is 2.17. The third kappa shape index (κ3) is 3.47. The number of fused-ring (bicyclic) bond motifs is 1. The third-order valence-corrected chi connectivity index (χ3v) is 4.98. The lowest BCUT2D eigenvalue weighted by Gasteiger charge is -2.18. The van der Waals surface area contributed by atoms with E-state index >= 15 is 0 Å². The van der Waals surface area contributed by atoms with Gasteiger partial charge in [-0.2, -0.15) is 0 Å². The van der Waals surface area contributed by atoms with Crippen molar-refractivity contribution in [1.29, 1.82) is 0 Å². The molecule has 6 nitrogen and oxygen atoms in total. The molecule has 1 heterocycles. The largest absolute Gasteiger partial charge is 0.481 e. The normalized spacial score (nSPS) is 12.2. The molecular formula is C21H25N3O3. The molecule has 0 spiro atoms. The van der Waals surface area contributed by atoms with Crippen LogP contribution in [0.25, 0.3) is 11.0 Å². The Morgan fingerprint density at radius 2 is 1.70 bits per heavy atom. The quantitative estimate of drug-likeness (QED) is 0.770. The van der Waals surface area contributed by atoms with E-state index in [2.05, 4.69) is 11.4 Å². The molecule has 3 aromatic rings. The van der Waals surface area contributed by atoms with E-state index < -0.39 is 6.10 Å². The number of nitrogens with zero attached hydrogens (tertiary/aromatic N) is 2. The smallest absolute Gasteiger partial charge is 0.328 e. The molecule has 0 aliphatic carbocycles. The van der Waals surface area contributed by atoms with Gasteiger partial charge in [-0.3, -0.25) is 13.9 Å². The number of amides is 1. The molecule has 0 unspecified atom stereocenters. The summed E-state index contributed by atoms with van der Waals surface area (Å²) in [7, 11) is 3.44. The monoisotopic (exact) mass is 367 g/mol. The minimum atomic E-state index is -0.653. The second kappa shape index (κ2) is 6.95. The summed E-state index contributed by atoms with van der Waals surface area (Å²) in [5.74, 6) is 0.477. The number of ether oxygens (including phenoxy) is 1. The second-order valence-electron chi connectivity index (χ2n) is 7.06. The molecule has 0 saturated heterocycles. The van der Waals surface area contributed by atoms with Gasteiger partial charge in [-0.05, 0) is 68.7 Å². The first-order valence-corrected chi connectivity index (χ1v) is 8.90. The van der Waals surface area contributed by atoms with Crippen molar-refractivity contribution < 1.29 is 9.53 Å². The molecule has 2 aromatic carbocycles. The molecular weight excluding hydrogens is 342 g/mol. The van der Waals surface area contributed by atoms with Crippen LogP contribution in [0.4, 0.5) is 5.69 Å². The zero-order chi connectivity index (χ0) is 19.9. The molecule has 1 aromatic heterocycles. The van der Waals surface area contributed by atoms with Crippen LogP contribution in [0.2, 0.25) is 0 Å². The summed E-state index contributed by atoms with van der Waals surface area (Å²) < 4.78 is 9.04. The summed E-state index contributed by atoms with van der Waals surface area (Å²) >= 11 is 0. The highest BCUT2D eigenvalue weighted by Crippen LogP contribution is 2.25. The summed E-state index contributed by atoms with van der Waals surface area (Å²) in [5.41, 5.74) is 5.36. The van der Waals surface area contributed by atoms with Crippen molar-refractivity contribution in [3.05, 3.63) is 57.5 Å². The van der Waals surface area contributed by atoms with Gasteiger partial charge in [0.25, 0.3) is 5.91 Å². The molecule has 27 heavy (non-hydrogen) atoms. The van der Waals surface area contributed by atoms with Crippen LogP contribution < -0.4 is 15.7 Å². The van der Waals surface area contributed by atoms with Crippen molar-refractivity contribution in [2.75, 3.05) is 5.32 Å². The Kier molecular flexibility index (Phi) is 4.83. The molecule has 3 rings (SSSR count). The fraction of sp³-hybridized carbons (Fsp3) is 0.333. The van der Waals surface area contributed by atoms with Gasteiger partial charge < -0.3 is 10.1 Å². The first kappa shape index (κ1) is 18.8. The number of benzene rings is 2. The van der Waals surface area contributed by atoms with E-state index in [0.717, 1.165) is 33.5 Å². The summed E-state index contributed by atoms with van der Waals surface area (Å²) in [6, 6.07) is 9.44. The number of carbonyl (C=O) groups excluding carboxylic acids is 1. The third-order valence-electron chi connectivity index (χ3n) is 4.98. The van der Waals surface area contributed by atoms with Crippen molar-refractivity contribution in [2.24, 2.45) is 14.1 Å². The van der Waals surface area contributed by atoms with Gasteiger partial charge in [-0.25, -0.2) is 4.79 Å². The Morgan fingerprint density at radius 3 is 2.41 bits per heavy atom. The van der Waals surface area contributed by atoms with Crippen LogP contribution in [0.15, 0.2) is 35.1 Å². The summed E-state index contributed by atoms with van der Waals surface area (Å²) in [5, 5.41) is 2.87. The number of hydrogen-bond donors (Lipinski definition) is 1. The fourth-order valence-electron chi connectivity index (χ4n) is 3.20. The fourth-order valence-corrected chi connectivity index (χ4v) is 3.20. The van der Waals surface area contributed by atoms with Crippen molar-refractivity contribution in [3.8, 4) is 5.75 Å². The van der Waals surface area contributed by atoms with Crippen molar-refractivity contribution in [2.45, 2.75) is 33.8 Å². The highest BCUT2D eigenvalue weighted by atomic mass is 16.5. The molecule has 1 N–H and O–H groups in total. The first-order valence-electron chi connectivity index (χ1n) is 8.90. The molecule has 1 atom stereocenters.